The molecule has 122 valence electrons. The predicted molar refractivity (Wildman–Crippen MR) is 81.9 cm³/mol. The molecule has 0 spiro atoms. The lowest BCUT2D eigenvalue weighted by Gasteiger charge is -2.18. The second kappa shape index (κ2) is 10.1. The van der Waals surface area contributed by atoms with Crippen LogP contribution in [0.3, 0.4) is 0 Å². The van der Waals surface area contributed by atoms with Crippen LogP contribution in [0.1, 0.15) is 71.1 Å². The maximum absolute atomic E-state index is 11.8. The number of carbonyl (C=O) groups excluding carboxylic acids is 2. The SMILES string of the molecule is CCCCCCCCC(=O)CC[C@H]1[C@@H](C=O)[C@H](O)C[C@@H]1O. The molecule has 1 rings (SSSR count). The summed E-state index contributed by atoms with van der Waals surface area (Å²) in [5.74, 6) is -0.559. The standard InChI is InChI=1S/C17H30O4/c1-2-3-4-5-6-7-8-13(19)9-10-14-15(12-18)17(21)11-16(14)20/h12,14-17,20-21H,2-11H2,1H3/t14-,15+,16-,17+/m0/s1. The van der Waals surface area contributed by atoms with Gasteiger partial charge >= 0.3 is 0 Å². The number of aldehydes is 1. The van der Waals surface area contributed by atoms with Crippen molar-refractivity contribution in [2.24, 2.45) is 11.8 Å². The van der Waals surface area contributed by atoms with E-state index in [2.05, 4.69) is 6.92 Å². The Morgan fingerprint density at radius 3 is 2.38 bits per heavy atom. The Morgan fingerprint density at radius 1 is 1.05 bits per heavy atom. The van der Waals surface area contributed by atoms with Crippen LogP contribution in [0.5, 0.6) is 0 Å². The minimum Gasteiger partial charge on any atom is -0.393 e. The highest BCUT2D eigenvalue weighted by Crippen LogP contribution is 2.34. The number of aliphatic hydroxyl groups excluding tert-OH is 2. The van der Waals surface area contributed by atoms with E-state index in [1.807, 2.05) is 0 Å². The van der Waals surface area contributed by atoms with Gasteiger partial charge in [0.15, 0.2) is 0 Å². The third-order valence-electron chi connectivity index (χ3n) is 4.64. The molecule has 4 heteroatoms. The summed E-state index contributed by atoms with van der Waals surface area (Å²) in [6, 6.07) is 0. The van der Waals surface area contributed by atoms with Gasteiger partial charge in [0.1, 0.15) is 12.1 Å². The van der Waals surface area contributed by atoms with Crippen molar-refractivity contribution in [3.05, 3.63) is 0 Å². The van der Waals surface area contributed by atoms with E-state index in [-0.39, 0.29) is 18.1 Å². The Kier molecular flexibility index (Phi) is 8.77. The van der Waals surface area contributed by atoms with Crippen molar-refractivity contribution in [3.8, 4) is 0 Å². The molecular formula is C17H30O4. The topological polar surface area (TPSA) is 74.6 Å². The number of hydrogen-bond donors (Lipinski definition) is 2. The zero-order valence-electron chi connectivity index (χ0n) is 13.2. The van der Waals surface area contributed by atoms with Gasteiger partial charge in [-0.1, -0.05) is 39.0 Å². The average molecular weight is 298 g/mol. The normalized spacial score (nSPS) is 28.7. The first-order valence-corrected chi connectivity index (χ1v) is 8.43. The zero-order valence-corrected chi connectivity index (χ0v) is 13.2. The lowest BCUT2D eigenvalue weighted by molar-refractivity contribution is -0.120. The molecule has 4 atom stereocenters. The van der Waals surface area contributed by atoms with E-state index in [0.717, 1.165) is 19.1 Å². The van der Waals surface area contributed by atoms with Crippen molar-refractivity contribution < 1.29 is 19.8 Å². The smallest absolute Gasteiger partial charge is 0.132 e. The van der Waals surface area contributed by atoms with Crippen molar-refractivity contribution in [1.29, 1.82) is 0 Å². The summed E-state index contributed by atoms with van der Waals surface area (Å²) < 4.78 is 0. The number of rotatable bonds is 11. The average Bonchev–Trinajstić information content (AvgIpc) is 2.73. The van der Waals surface area contributed by atoms with Gasteiger partial charge in [-0.3, -0.25) is 4.79 Å². The summed E-state index contributed by atoms with van der Waals surface area (Å²) in [6.07, 6.45) is 8.07. The van der Waals surface area contributed by atoms with Crippen LogP contribution in [0.15, 0.2) is 0 Å². The van der Waals surface area contributed by atoms with Crippen LogP contribution in [-0.4, -0.2) is 34.5 Å². The molecule has 0 saturated heterocycles. The van der Waals surface area contributed by atoms with Crippen LogP contribution in [0.4, 0.5) is 0 Å². The van der Waals surface area contributed by atoms with E-state index in [9.17, 15) is 19.8 Å². The molecule has 0 aromatic carbocycles. The van der Waals surface area contributed by atoms with Crippen LogP contribution in [0.25, 0.3) is 0 Å². The van der Waals surface area contributed by atoms with Crippen molar-refractivity contribution in [3.63, 3.8) is 0 Å². The van der Waals surface area contributed by atoms with E-state index >= 15 is 0 Å². The fourth-order valence-electron chi connectivity index (χ4n) is 3.25. The van der Waals surface area contributed by atoms with Gasteiger partial charge in [0.2, 0.25) is 0 Å². The highest BCUT2D eigenvalue weighted by molar-refractivity contribution is 5.78. The molecule has 1 aliphatic rings. The first kappa shape index (κ1) is 18.3. The van der Waals surface area contributed by atoms with E-state index < -0.39 is 18.1 Å². The molecule has 1 saturated carbocycles. The lowest BCUT2D eigenvalue weighted by atomic mass is 9.89. The third-order valence-corrected chi connectivity index (χ3v) is 4.64. The molecule has 4 nitrogen and oxygen atoms in total. The van der Waals surface area contributed by atoms with Crippen molar-refractivity contribution in [2.75, 3.05) is 0 Å². The molecule has 0 heterocycles. The molecule has 0 radical (unpaired) electrons. The van der Waals surface area contributed by atoms with Crippen LogP contribution in [0.2, 0.25) is 0 Å². The van der Waals surface area contributed by atoms with Gasteiger partial charge in [0, 0.05) is 25.2 Å². The van der Waals surface area contributed by atoms with Crippen LogP contribution in [0, 0.1) is 11.8 Å². The molecule has 0 aromatic rings. The number of Topliss-reactive ketones (excluding diaryl/α,β-unsaturated/α-hetero) is 1. The van der Waals surface area contributed by atoms with Gasteiger partial charge in [-0.15, -0.1) is 0 Å². The summed E-state index contributed by atoms with van der Waals surface area (Å²) >= 11 is 0. The minimum atomic E-state index is -0.754. The maximum atomic E-state index is 11.8. The largest absolute Gasteiger partial charge is 0.393 e. The van der Waals surface area contributed by atoms with Crippen molar-refractivity contribution in [1.82, 2.24) is 0 Å². The highest BCUT2D eigenvalue weighted by Gasteiger charge is 2.41. The van der Waals surface area contributed by atoms with Crippen molar-refractivity contribution >= 4 is 12.1 Å². The fraction of sp³-hybridized carbons (Fsp3) is 0.882. The van der Waals surface area contributed by atoms with E-state index in [0.29, 0.717) is 19.3 Å². The minimum absolute atomic E-state index is 0.212. The first-order valence-electron chi connectivity index (χ1n) is 8.43. The van der Waals surface area contributed by atoms with E-state index in [1.165, 1.54) is 25.7 Å². The Balaban J connectivity index is 2.16. The Hall–Kier alpha value is -0.740. The van der Waals surface area contributed by atoms with E-state index in [1.54, 1.807) is 0 Å². The predicted octanol–water partition coefficient (Wildman–Crippen LogP) is 2.64. The van der Waals surface area contributed by atoms with Gasteiger partial charge in [0.05, 0.1) is 12.2 Å². The third kappa shape index (κ3) is 6.27. The molecule has 0 unspecified atom stereocenters. The summed E-state index contributed by atoms with van der Waals surface area (Å²) in [7, 11) is 0. The van der Waals surface area contributed by atoms with Crippen LogP contribution >= 0.6 is 0 Å². The van der Waals surface area contributed by atoms with Gasteiger partial charge < -0.3 is 15.0 Å². The monoisotopic (exact) mass is 298 g/mol. The summed E-state index contributed by atoms with van der Waals surface area (Å²) in [6.45, 7) is 2.19. The molecule has 2 N–H and O–H groups in total. The quantitative estimate of drug-likeness (QED) is 0.454. The molecular weight excluding hydrogens is 268 g/mol. The summed E-state index contributed by atoms with van der Waals surface area (Å²) in [5.41, 5.74) is 0. The second-order valence-electron chi connectivity index (χ2n) is 6.34. The zero-order chi connectivity index (χ0) is 15.7. The molecule has 0 bridgehead atoms. The molecule has 21 heavy (non-hydrogen) atoms. The number of carbonyl (C=O) groups is 2. The first-order chi connectivity index (χ1) is 10.1. The fourth-order valence-corrected chi connectivity index (χ4v) is 3.25. The van der Waals surface area contributed by atoms with Crippen molar-refractivity contribution in [2.45, 2.75) is 83.3 Å². The molecule has 1 aliphatic carbocycles. The Bertz CT molecular complexity index is 316. The number of hydrogen-bond acceptors (Lipinski definition) is 4. The molecule has 0 amide bonds. The summed E-state index contributed by atoms with van der Waals surface area (Å²) in [5, 5.41) is 19.5. The maximum Gasteiger partial charge on any atom is 0.132 e. The summed E-state index contributed by atoms with van der Waals surface area (Å²) in [4.78, 5) is 22.8. The van der Waals surface area contributed by atoms with Gasteiger partial charge in [-0.25, -0.2) is 0 Å². The molecule has 1 fully saturated rings. The molecule has 0 aliphatic heterocycles. The molecule has 0 aromatic heterocycles. The lowest BCUT2D eigenvalue weighted by Crippen LogP contribution is -2.24. The van der Waals surface area contributed by atoms with Gasteiger partial charge in [0.25, 0.3) is 0 Å². The Morgan fingerprint density at radius 2 is 1.71 bits per heavy atom. The van der Waals surface area contributed by atoms with Gasteiger partial charge in [-0.05, 0) is 18.8 Å². The van der Waals surface area contributed by atoms with Crippen LogP contribution in [-0.2, 0) is 9.59 Å². The van der Waals surface area contributed by atoms with Crippen LogP contribution < -0.4 is 0 Å². The number of unbranched alkanes of at least 4 members (excludes halogenated alkanes) is 5. The number of ketones is 1. The number of aliphatic hydroxyl groups is 2. The van der Waals surface area contributed by atoms with E-state index in [4.69, 9.17) is 0 Å². The van der Waals surface area contributed by atoms with Gasteiger partial charge in [-0.2, -0.15) is 0 Å². The second-order valence-corrected chi connectivity index (χ2v) is 6.34. The Labute approximate surface area is 127 Å². The highest BCUT2D eigenvalue weighted by atomic mass is 16.3.